The number of anilines is 1. The largest absolute Gasteiger partial charge is 0.457 e. The summed E-state index contributed by atoms with van der Waals surface area (Å²) in [7, 11) is 0. The van der Waals surface area contributed by atoms with Crippen LogP contribution in [0.4, 0.5) is 5.69 Å². The fourth-order valence-electron chi connectivity index (χ4n) is 3.52. The number of fused-ring (bicyclic) bond motifs is 1. The Hall–Kier alpha value is -2.88. The van der Waals surface area contributed by atoms with Gasteiger partial charge in [0.25, 0.3) is 0 Å². The molecule has 4 heteroatoms. The maximum Gasteiger partial charge on any atom is 0.238 e. The highest BCUT2D eigenvalue weighted by Crippen LogP contribution is 2.38. The van der Waals surface area contributed by atoms with Crippen LogP contribution >= 0.6 is 0 Å². The van der Waals surface area contributed by atoms with Crippen LogP contribution in [0.1, 0.15) is 18.4 Å². The highest BCUT2D eigenvalue weighted by molar-refractivity contribution is 6.22. The fraction of sp³-hybridized carbons (Fsp3) is 0.238. The number of hydrogen-bond donors (Lipinski definition) is 0. The normalized spacial score (nSPS) is 22.2. The number of carbonyl (C=O) groups excluding carboxylic acids is 2. The summed E-state index contributed by atoms with van der Waals surface area (Å²) in [6.45, 7) is 1.99. The van der Waals surface area contributed by atoms with E-state index in [1.54, 1.807) is 24.3 Å². The minimum Gasteiger partial charge on any atom is -0.457 e. The number of rotatable bonds is 3. The molecule has 0 unspecified atom stereocenters. The highest BCUT2D eigenvalue weighted by Gasteiger charge is 2.47. The molecule has 2 aromatic rings. The minimum absolute atomic E-state index is 0.0908. The van der Waals surface area contributed by atoms with Gasteiger partial charge in [-0.1, -0.05) is 30.4 Å². The number of amides is 2. The van der Waals surface area contributed by atoms with E-state index in [1.807, 2.05) is 43.3 Å². The molecule has 0 aromatic heterocycles. The van der Waals surface area contributed by atoms with Gasteiger partial charge < -0.3 is 4.74 Å². The Morgan fingerprint density at radius 1 is 0.880 bits per heavy atom. The third-order valence-electron chi connectivity index (χ3n) is 4.92. The summed E-state index contributed by atoms with van der Waals surface area (Å²) < 4.78 is 5.88. The lowest BCUT2D eigenvalue weighted by Gasteiger charge is -2.15. The van der Waals surface area contributed by atoms with E-state index < -0.39 is 0 Å². The van der Waals surface area contributed by atoms with Gasteiger partial charge in [0.05, 0.1) is 17.5 Å². The average Bonchev–Trinajstić information content (AvgIpc) is 2.89. The molecular formula is C21H19NO3. The molecule has 25 heavy (non-hydrogen) atoms. The molecule has 2 amide bonds. The molecule has 0 radical (unpaired) electrons. The molecule has 0 spiro atoms. The second-order valence-electron chi connectivity index (χ2n) is 6.53. The minimum atomic E-state index is -0.208. The van der Waals surface area contributed by atoms with Gasteiger partial charge >= 0.3 is 0 Å². The van der Waals surface area contributed by atoms with Gasteiger partial charge in [0, 0.05) is 0 Å². The van der Waals surface area contributed by atoms with Gasteiger partial charge in [-0.05, 0) is 55.7 Å². The van der Waals surface area contributed by atoms with Crippen LogP contribution in [0.25, 0.3) is 0 Å². The molecular weight excluding hydrogens is 314 g/mol. The molecule has 1 saturated heterocycles. The lowest BCUT2D eigenvalue weighted by molar-refractivity contribution is -0.122. The number of allylic oxidation sites excluding steroid dienone is 2. The first-order valence-electron chi connectivity index (χ1n) is 8.51. The maximum absolute atomic E-state index is 12.6. The Balaban J connectivity index is 1.55. The predicted molar refractivity (Wildman–Crippen MR) is 95.5 cm³/mol. The smallest absolute Gasteiger partial charge is 0.238 e. The molecule has 126 valence electrons. The molecule has 4 nitrogen and oxygen atoms in total. The zero-order valence-corrected chi connectivity index (χ0v) is 14.0. The van der Waals surface area contributed by atoms with Gasteiger partial charge in [0.1, 0.15) is 11.5 Å². The summed E-state index contributed by atoms with van der Waals surface area (Å²) in [5.74, 6) is 0.872. The Morgan fingerprint density at radius 2 is 1.48 bits per heavy atom. The first-order chi connectivity index (χ1) is 12.1. The van der Waals surface area contributed by atoms with E-state index in [9.17, 15) is 9.59 Å². The summed E-state index contributed by atoms with van der Waals surface area (Å²) in [6, 6.07) is 14.9. The molecule has 2 aromatic carbocycles. The molecule has 0 N–H and O–H groups in total. The number of aryl methyl sites for hydroxylation is 1. The van der Waals surface area contributed by atoms with Crippen LogP contribution in [0.5, 0.6) is 11.5 Å². The summed E-state index contributed by atoms with van der Waals surface area (Å²) in [5, 5.41) is 0. The summed E-state index contributed by atoms with van der Waals surface area (Å²) in [5.41, 5.74) is 1.66. The van der Waals surface area contributed by atoms with Crippen molar-refractivity contribution < 1.29 is 14.3 Å². The second kappa shape index (κ2) is 6.20. The van der Waals surface area contributed by atoms with Crippen molar-refractivity contribution in [2.45, 2.75) is 19.8 Å². The zero-order chi connectivity index (χ0) is 17.4. The quantitative estimate of drug-likeness (QED) is 0.623. The van der Waals surface area contributed by atoms with Crippen molar-refractivity contribution in [2.24, 2.45) is 11.8 Å². The molecule has 2 atom stereocenters. The van der Waals surface area contributed by atoms with Crippen LogP contribution in [-0.2, 0) is 9.59 Å². The Kier molecular flexibility index (Phi) is 3.88. The Bertz CT molecular complexity index is 828. The summed E-state index contributed by atoms with van der Waals surface area (Å²) in [4.78, 5) is 26.6. The molecule has 2 aliphatic rings. The monoisotopic (exact) mass is 333 g/mol. The van der Waals surface area contributed by atoms with Gasteiger partial charge in [0.15, 0.2) is 0 Å². The first-order valence-corrected chi connectivity index (χ1v) is 8.51. The van der Waals surface area contributed by atoms with E-state index in [0.717, 1.165) is 11.3 Å². The van der Waals surface area contributed by atoms with Gasteiger partial charge in [0.2, 0.25) is 11.8 Å². The Morgan fingerprint density at radius 3 is 2.08 bits per heavy atom. The standard InChI is InChI=1S/C21H19NO3/c1-14-6-2-5-9-19(14)25-16-12-10-15(11-13-16)22-20(23)17-7-3-4-8-18(17)21(22)24/h2-6,9-13,17-18H,7-8H2,1H3/t17-,18+. The zero-order valence-electron chi connectivity index (χ0n) is 14.0. The number of benzene rings is 2. The Labute approximate surface area is 146 Å². The molecule has 1 heterocycles. The fourth-order valence-corrected chi connectivity index (χ4v) is 3.52. The van der Waals surface area contributed by atoms with Crippen molar-refractivity contribution in [2.75, 3.05) is 4.90 Å². The molecule has 0 bridgehead atoms. The molecule has 1 aliphatic heterocycles. The van der Waals surface area contributed by atoms with Crippen LogP contribution < -0.4 is 9.64 Å². The summed E-state index contributed by atoms with van der Waals surface area (Å²) in [6.07, 6.45) is 5.30. The highest BCUT2D eigenvalue weighted by atomic mass is 16.5. The third kappa shape index (κ3) is 2.74. The predicted octanol–water partition coefficient (Wildman–Crippen LogP) is 4.24. The van der Waals surface area contributed by atoms with Crippen molar-refractivity contribution >= 4 is 17.5 Å². The van der Waals surface area contributed by atoms with Crippen molar-refractivity contribution in [3.8, 4) is 11.5 Å². The first kappa shape index (κ1) is 15.6. The van der Waals surface area contributed by atoms with Gasteiger partial charge in [-0.2, -0.15) is 0 Å². The van der Waals surface area contributed by atoms with Crippen molar-refractivity contribution in [3.05, 3.63) is 66.2 Å². The number of para-hydroxylation sites is 1. The number of imide groups is 1. The van der Waals surface area contributed by atoms with Crippen LogP contribution in [0.3, 0.4) is 0 Å². The lowest BCUT2D eigenvalue weighted by atomic mass is 9.85. The lowest BCUT2D eigenvalue weighted by Crippen LogP contribution is -2.30. The maximum atomic E-state index is 12.6. The van der Waals surface area contributed by atoms with E-state index in [4.69, 9.17) is 4.74 Å². The number of nitrogens with zero attached hydrogens (tertiary/aromatic N) is 1. The van der Waals surface area contributed by atoms with Crippen LogP contribution in [0.15, 0.2) is 60.7 Å². The SMILES string of the molecule is Cc1ccccc1Oc1ccc(N2C(=O)[C@H]3CC=CC[C@H]3C2=O)cc1. The van der Waals surface area contributed by atoms with E-state index in [2.05, 4.69) is 0 Å². The van der Waals surface area contributed by atoms with Gasteiger partial charge in [-0.3, -0.25) is 14.5 Å². The second-order valence-corrected chi connectivity index (χ2v) is 6.53. The van der Waals surface area contributed by atoms with Crippen LogP contribution in [0.2, 0.25) is 0 Å². The molecule has 4 rings (SSSR count). The van der Waals surface area contributed by atoms with Crippen molar-refractivity contribution in [1.29, 1.82) is 0 Å². The number of carbonyl (C=O) groups is 2. The van der Waals surface area contributed by atoms with E-state index >= 15 is 0 Å². The van der Waals surface area contributed by atoms with E-state index in [0.29, 0.717) is 24.3 Å². The topological polar surface area (TPSA) is 46.6 Å². The number of hydrogen-bond acceptors (Lipinski definition) is 3. The van der Waals surface area contributed by atoms with Gasteiger partial charge in [-0.15, -0.1) is 0 Å². The third-order valence-corrected chi connectivity index (χ3v) is 4.92. The van der Waals surface area contributed by atoms with Gasteiger partial charge in [-0.25, -0.2) is 0 Å². The van der Waals surface area contributed by atoms with Crippen LogP contribution in [0, 0.1) is 18.8 Å². The van der Waals surface area contributed by atoms with Crippen molar-refractivity contribution in [1.82, 2.24) is 0 Å². The van der Waals surface area contributed by atoms with Crippen LogP contribution in [-0.4, -0.2) is 11.8 Å². The van der Waals surface area contributed by atoms with E-state index in [1.165, 1.54) is 4.90 Å². The van der Waals surface area contributed by atoms with E-state index in [-0.39, 0.29) is 23.7 Å². The molecule has 1 fully saturated rings. The average molecular weight is 333 g/mol. The molecule has 1 aliphatic carbocycles. The summed E-state index contributed by atoms with van der Waals surface area (Å²) >= 11 is 0. The number of ether oxygens (including phenoxy) is 1. The van der Waals surface area contributed by atoms with Crippen molar-refractivity contribution in [3.63, 3.8) is 0 Å². The molecule has 0 saturated carbocycles.